The molecule has 0 aliphatic rings. The Hall–Kier alpha value is -3.27. The number of carbonyl (C=O) groups excluding carboxylic acids is 2. The molecule has 0 saturated carbocycles. The third kappa shape index (κ3) is 8.61. The minimum absolute atomic E-state index is 0.0136. The molecule has 0 aliphatic heterocycles. The number of sulfonamides is 1. The minimum atomic E-state index is -3.88. The predicted molar refractivity (Wildman–Crippen MR) is 160 cm³/mol. The number of benzene rings is 3. The van der Waals surface area contributed by atoms with Gasteiger partial charge in [0.15, 0.2) is 0 Å². The van der Waals surface area contributed by atoms with Crippen molar-refractivity contribution in [1.82, 2.24) is 10.2 Å². The van der Waals surface area contributed by atoms with Crippen molar-refractivity contribution in [3.05, 3.63) is 88.4 Å². The Kier molecular flexibility index (Phi) is 10.8. The van der Waals surface area contributed by atoms with Crippen molar-refractivity contribution in [2.24, 2.45) is 0 Å². The molecule has 0 saturated heterocycles. The highest BCUT2D eigenvalue weighted by molar-refractivity contribution is 7.92. The van der Waals surface area contributed by atoms with Crippen LogP contribution in [0.2, 0.25) is 10.0 Å². The number of para-hydroxylation sites is 1. The molecule has 8 nitrogen and oxygen atoms in total. The summed E-state index contributed by atoms with van der Waals surface area (Å²) >= 11 is 12.4. The summed E-state index contributed by atoms with van der Waals surface area (Å²) in [5.74, 6) is 0.230. The minimum Gasteiger partial charge on any atom is -0.457 e. The van der Waals surface area contributed by atoms with E-state index in [1.54, 1.807) is 61.5 Å². The highest BCUT2D eigenvalue weighted by Crippen LogP contribution is 2.27. The third-order valence-corrected chi connectivity index (χ3v) is 7.68. The first-order valence-corrected chi connectivity index (χ1v) is 15.3. The standard InChI is InChI=1S/C29H33Cl2N3O5S/c1-5-27(29(36)32-20(2)3)33(18-21-11-12-22(30)17-26(21)31)28(35)19-34(40(4,37)38)23-13-15-25(16-14-23)39-24-9-7-6-8-10-24/h6-17,20,27H,5,18-19H2,1-4H3,(H,32,36). The van der Waals surface area contributed by atoms with Gasteiger partial charge in [0, 0.05) is 22.6 Å². The van der Waals surface area contributed by atoms with Crippen molar-refractivity contribution in [2.45, 2.75) is 45.8 Å². The van der Waals surface area contributed by atoms with Crippen molar-refractivity contribution < 1.29 is 22.7 Å². The van der Waals surface area contributed by atoms with Gasteiger partial charge < -0.3 is 15.0 Å². The van der Waals surface area contributed by atoms with Gasteiger partial charge in [-0.15, -0.1) is 0 Å². The van der Waals surface area contributed by atoms with E-state index in [0.29, 0.717) is 33.5 Å². The average molecular weight is 607 g/mol. The summed E-state index contributed by atoms with van der Waals surface area (Å²) < 4.78 is 32.5. The van der Waals surface area contributed by atoms with Gasteiger partial charge in [-0.25, -0.2) is 8.42 Å². The highest BCUT2D eigenvalue weighted by atomic mass is 35.5. The Balaban J connectivity index is 1.92. The van der Waals surface area contributed by atoms with E-state index in [1.165, 1.54) is 4.90 Å². The van der Waals surface area contributed by atoms with Gasteiger partial charge in [0.1, 0.15) is 24.1 Å². The molecule has 3 aromatic rings. The van der Waals surface area contributed by atoms with Crippen LogP contribution < -0.4 is 14.4 Å². The molecule has 214 valence electrons. The van der Waals surface area contributed by atoms with Gasteiger partial charge in [-0.3, -0.25) is 13.9 Å². The molecule has 0 aliphatic carbocycles. The van der Waals surface area contributed by atoms with E-state index in [0.717, 1.165) is 10.6 Å². The summed E-state index contributed by atoms with van der Waals surface area (Å²) in [6.45, 7) is 4.90. The molecule has 3 rings (SSSR count). The van der Waals surface area contributed by atoms with Gasteiger partial charge in [0.2, 0.25) is 21.8 Å². The van der Waals surface area contributed by atoms with Crippen LogP contribution >= 0.6 is 23.2 Å². The van der Waals surface area contributed by atoms with Crippen LogP contribution in [0.5, 0.6) is 11.5 Å². The summed E-state index contributed by atoms with van der Waals surface area (Å²) in [6, 6.07) is 19.4. The molecule has 3 aromatic carbocycles. The number of rotatable bonds is 12. The van der Waals surface area contributed by atoms with Gasteiger partial charge in [0.05, 0.1) is 11.9 Å². The molecule has 1 N–H and O–H groups in total. The molecule has 11 heteroatoms. The molecule has 0 bridgehead atoms. The largest absolute Gasteiger partial charge is 0.457 e. The Morgan fingerprint density at radius 2 is 1.57 bits per heavy atom. The summed E-state index contributed by atoms with van der Waals surface area (Å²) in [7, 11) is -3.88. The summed E-state index contributed by atoms with van der Waals surface area (Å²) in [6.07, 6.45) is 1.33. The summed E-state index contributed by atoms with van der Waals surface area (Å²) in [5, 5.41) is 3.61. The van der Waals surface area contributed by atoms with E-state index in [1.807, 2.05) is 32.0 Å². The molecular formula is C29H33Cl2N3O5S. The molecule has 40 heavy (non-hydrogen) atoms. The molecule has 0 spiro atoms. The zero-order chi connectivity index (χ0) is 29.4. The van der Waals surface area contributed by atoms with E-state index in [9.17, 15) is 18.0 Å². The second-order valence-electron chi connectivity index (χ2n) is 9.52. The maximum absolute atomic E-state index is 13.8. The topological polar surface area (TPSA) is 96.0 Å². The molecule has 0 heterocycles. The van der Waals surface area contributed by atoms with E-state index < -0.39 is 28.5 Å². The first kappa shape index (κ1) is 31.3. The fourth-order valence-electron chi connectivity index (χ4n) is 4.05. The molecule has 0 radical (unpaired) electrons. The van der Waals surface area contributed by atoms with Crippen LogP contribution in [0, 0.1) is 0 Å². The quantitative estimate of drug-likeness (QED) is 0.278. The monoisotopic (exact) mass is 605 g/mol. The number of carbonyl (C=O) groups is 2. The molecule has 2 amide bonds. The van der Waals surface area contributed by atoms with Crippen LogP contribution in [0.3, 0.4) is 0 Å². The first-order chi connectivity index (χ1) is 18.9. The van der Waals surface area contributed by atoms with E-state index in [4.69, 9.17) is 27.9 Å². The lowest BCUT2D eigenvalue weighted by atomic mass is 10.1. The lowest BCUT2D eigenvalue weighted by Gasteiger charge is -2.33. The average Bonchev–Trinajstić information content (AvgIpc) is 2.88. The SMILES string of the molecule is CCC(C(=O)NC(C)C)N(Cc1ccc(Cl)cc1Cl)C(=O)CN(c1ccc(Oc2ccccc2)cc1)S(C)(=O)=O. The number of nitrogens with zero attached hydrogens (tertiary/aromatic N) is 2. The molecular weight excluding hydrogens is 573 g/mol. The second kappa shape index (κ2) is 13.9. The normalized spacial score (nSPS) is 12.1. The van der Waals surface area contributed by atoms with Crippen LogP contribution in [0.4, 0.5) is 5.69 Å². The lowest BCUT2D eigenvalue weighted by Crippen LogP contribution is -2.53. The fourth-order valence-corrected chi connectivity index (χ4v) is 5.37. The fraction of sp³-hybridized carbons (Fsp3) is 0.310. The predicted octanol–water partition coefficient (Wildman–Crippen LogP) is 5.88. The maximum atomic E-state index is 13.8. The van der Waals surface area contributed by atoms with Gasteiger partial charge >= 0.3 is 0 Å². The number of amides is 2. The Bertz CT molecular complexity index is 1420. The van der Waals surface area contributed by atoms with Crippen molar-refractivity contribution >= 4 is 50.7 Å². The Labute approximate surface area is 245 Å². The number of anilines is 1. The molecule has 0 aromatic heterocycles. The number of hydrogen-bond acceptors (Lipinski definition) is 5. The maximum Gasteiger partial charge on any atom is 0.244 e. The number of ether oxygens (including phenoxy) is 1. The zero-order valence-electron chi connectivity index (χ0n) is 22.8. The number of halogens is 2. The number of nitrogens with one attached hydrogen (secondary N) is 1. The molecule has 1 unspecified atom stereocenters. The van der Waals surface area contributed by atoms with Crippen LogP contribution in [-0.2, 0) is 26.2 Å². The van der Waals surface area contributed by atoms with E-state index >= 15 is 0 Å². The van der Waals surface area contributed by atoms with E-state index in [-0.39, 0.29) is 24.2 Å². The highest BCUT2D eigenvalue weighted by Gasteiger charge is 2.32. The Morgan fingerprint density at radius 1 is 0.950 bits per heavy atom. The molecule has 1 atom stereocenters. The van der Waals surface area contributed by atoms with Crippen molar-refractivity contribution in [2.75, 3.05) is 17.1 Å². The van der Waals surface area contributed by atoms with Crippen LogP contribution in [0.25, 0.3) is 0 Å². The van der Waals surface area contributed by atoms with Crippen LogP contribution in [0.15, 0.2) is 72.8 Å². The molecule has 0 fully saturated rings. The number of hydrogen-bond donors (Lipinski definition) is 1. The smallest absolute Gasteiger partial charge is 0.244 e. The summed E-state index contributed by atoms with van der Waals surface area (Å²) in [4.78, 5) is 28.3. The van der Waals surface area contributed by atoms with Crippen molar-refractivity contribution in [1.29, 1.82) is 0 Å². The lowest BCUT2D eigenvalue weighted by molar-refractivity contribution is -0.140. The van der Waals surface area contributed by atoms with E-state index in [2.05, 4.69) is 5.32 Å². The van der Waals surface area contributed by atoms with Gasteiger partial charge in [-0.2, -0.15) is 0 Å². The van der Waals surface area contributed by atoms with Crippen molar-refractivity contribution in [3.8, 4) is 11.5 Å². The Morgan fingerprint density at radius 3 is 2.12 bits per heavy atom. The van der Waals surface area contributed by atoms with Gasteiger partial charge in [-0.1, -0.05) is 54.4 Å². The van der Waals surface area contributed by atoms with Crippen LogP contribution in [0.1, 0.15) is 32.8 Å². The second-order valence-corrected chi connectivity index (χ2v) is 12.3. The first-order valence-electron chi connectivity index (χ1n) is 12.7. The van der Waals surface area contributed by atoms with Crippen molar-refractivity contribution in [3.63, 3.8) is 0 Å². The van der Waals surface area contributed by atoms with Crippen LogP contribution in [-0.4, -0.2) is 50.0 Å². The summed E-state index contributed by atoms with van der Waals surface area (Å²) in [5.41, 5.74) is 0.851. The van der Waals surface area contributed by atoms with Gasteiger partial charge in [-0.05, 0) is 74.4 Å². The zero-order valence-corrected chi connectivity index (χ0v) is 25.1. The third-order valence-electron chi connectivity index (χ3n) is 5.96. The van der Waals surface area contributed by atoms with Gasteiger partial charge in [0.25, 0.3) is 0 Å².